The predicted octanol–water partition coefficient (Wildman–Crippen LogP) is 3.00. The van der Waals surface area contributed by atoms with Crippen LogP contribution in [0.15, 0.2) is 54.6 Å². The van der Waals surface area contributed by atoms with E-state index in [1.54, 1.807) is 18.2 Å². The molecule has 0 radical (unpaired) electrons. The molecule has 12 heteroatoms. The average Bonchev–Trinajstić information content (AvgIpc) is 3.51. The fourth-order valence-corrected chi connectivity index (χ4v) is 4.36. The number of anilines is 1. The Hall–Kier alpha value is -3.17. The number of carbonyl (C=O) groups excluding carboxylic acids is 1. The van der Waals surface area contributed by atoms with Gasteiger partial charge < -0.3 is 5.32 Å². The van der Waals surface area contributed by atoms with E-state index in [9.17, 15) is 36.0 Å². The predicted molar refractivity (Wildman–Crippen MR) is 112 cm³/mol. The monoisotopic (exact) mass is 484 g/mol. The van der Waals surface area contributed by atoms with Crippen molar-refractivity contribution in [2.45, 2.75) is 36.6 Å². The van der Waals surface area contributed by atoms with E-state index in [2.05, 4.69) is 15.4 Å². The first-order valence-corrected chi connectivity index (χ1v) is 11.5. The van der Waals surface area contributed by atoms with Gasteiger partial charge in [0, 0.05) is 5.69 Å². The molecule has 0 heterocycles. The van der Waals surface area contributed by atoms with E-state index in [-0.39, 0.29) is 5.69 Å². The maximum absolute atomic E-state index is 13.8. The van der Waals surface area contributed by atoms with Gasteiger partial charge in [-0.15, -0.1) is 0 Å². The zero-order chi connectivity index (χ0) is 24.3. The van der Waals surface area contributed by atoms with Crippen LogP contribution >= 0.6 is 0 Å². The van der Waals surface area contributed by atoms with Crippen LogP contribution in [0, 0.1) is 17.1 Å². The van der Waals surface area contributed by atoms with Gasteiger partial charge in [0.25, 0.3) is 0 Å². The lowest BCUT2D eigenvalue weighted by Crippen LogP contribution is -2.54. The molecule has 2 aromatic rings. The number of halogens is 4. The van der Waals surface area contributed by atoms with Gasteiger partial charge >= 0.3 is 6.18 Å². The number of benzene rings is 2. The Morgan fingerprint density at radius 1 is 1.09 bits per heavy atom. The number of nitrogens with one attached hydrogen (secondary N) is 3. The number of carbonyl (C=O) groups is 1. The summed E-state index contributed by atoms with van der Waals surface area (Å²) in [6.45, 7) is 0. The maximum atomic E-state index is 13.8. The smallest absolute Gasteiger partial charge is 0.336 e. The van der Waals surface area contributed by atoms with Crippen LogP contribution in [0.3, 0.4) is 0 Å². The van der Waals surface area contributed by atoms with Crippen molar-refractivity contribution < 1.29 is 30.8 Å². The van der Waals surface area contributed by atoms with E-state index >= 15 is 0 Å². The highest BCUT2D eigenvalue weighted by Crippen LogP contribution is 2.35. The number of alkyl halides is 3. The largest absolute Gasteiger partial charge is 0.407 e. The summed E-state index contributed by atoms with van der Waals surface area (Å²) in [7, 11) is -4.28. The Balaban J connectivity index is 1.89. The SMILES string of the molecule is N#CC1(NC(=O)[C@H](CS(=O)(=O)Nc2ccccc2)N[C@@H](c2ccc(F)cc2)C(F)(F)F)CC1. The number of hydrogen-bond donors (Lipinski definition) is 3. The lowest BCUT2D eigenvalue weighted by molar-refractivity contribution is -0.160. The molecule has 3 N–H and O–H groups in total. The summed E-state index contributed by atoms with van der Waals surface area (Å²) in [6, 6.07) is 8.61. The zero-order valence-electron chi connectivity index (χ0n) is 17.1. The molecule has 0 bridgehead atoms. The molecule has 1 aliphatic carbocycles. The molecule has 1 aliphatic rings. The van der Waals surface area contributed by atoms with Crippen molar-refractivity contribution in [3.05, 3.63) is 66.0 Å². The van der Waals surface area contributed by atoms with Gasteiger partial charge in [-0.1, -0.05) is 30.3 Å². The molecule has 1 saturated carbocycles. The van der Waals surface area contributed by atoms with Gasteiger partial charge in [-0.25, -0.2) is 12.8 Å². The fourth-order valence-electron chi connectivity index (χ4n) is 3.10. The second-order valence-electron chi connectivity index (χ2n) is 7.68. The molecule has 2 aromatic carbocycles. The normalized spacial score (nSPS) is 16.8. The maximum Gasteiger partial charge on any atom is 0.407 e. The van der Waals surface area contributed by atoms with Gasteiger partial charge in [0.15, 0.2) is 0 Å². The lowest BCUT2D eigenvalue weighted by atomic mass is 10.0. The lowest BCUT2D eigenvalue weighted by Gasteiger charge is -2.28. The van der Waals surface area contributed by atoms with Gasteiger partial charge in [-0.3, -0.25) is 14.8 Å². The third-order valence-electron chi connectivity index (χ3n) is 4.97. The van der Waals surface area contributed by atoms with Crippen molar-refractivity contribution in [3.8, 4) is 6.07 Å². The van der Waals surface area contributed by atoms with Crippen LogP contribution in [-0.2, 0) is 14.8 Å². The minimum absolute atomic E-state index is 0.165. The molecule has 33 heavy (non-hydrogen) atoms. The Bertz CT molecular complexity index is 1130. The highest BCUT2D eigenvalue weighted by molar-refractivity contribution is 7.92. The molecule has 176 valence electrons. The van der Waals surface area contributed by atoms with Gasteiger partial charge in [0.05, 0.1) is 11.8 Å². The van der Waals surface area contributed by atoms with Crippen LogP contribution in [0.4, 0.5) is 23.2 Å². The first-order chi connectivity index (χ1) is 15.4. The Morgan fingerprint density at radius 2 is 1.70 bits per heavy atom. The highest BCUT2D eigenvalue weighted by Gasteiger charge is 2.48. The van der Waals surface area contributed by atoms with E-state index in [1.165, 1.54) is 12.1 Å². The van der Waals surface area contributed by atoms with Crippen molar-refractivity contribution >= 4 is 21.6 Å². The van der Waals surface area contributed by atoms with Crippen LogP contribution in [-0.4, -0.2) is 37.8 Å². The van der Waals surface area contributed by atoms with Crippen molar-refractivity contribution in [2.24, 2.45) is 0 Å². The Kier molecular flexibility index (Phi) is 6.94. The molecule has 0 aromatic heterocycles. The van der Waals surface area contributed by atoms with Crippen molar-refractivity contribution in [3.63, 3.8) is 0 Å². The number of para-hydroxylation sites is 1. The van der Waals surface area contributed by atoms with Crippen LogP contribution in [0.5, 0.6) is 0 Å². The quantitative estimate of drug-likeness (QED) is 0.474. The Morgan fingerprint density at radius 3 is 2.21 bits per heavy atom. The van der Waals surface area contributed by atoms with Gasteiger partial charge in [-0.2, -0.15) is 18.4 Å². The Labute approximate surface area is 187 Å². The summed E-state index contributed by atoms with van der Waals surface area (Å²) in [5.41, 5.74) is -1.47. The summed E-state index contributed by atoms with van der Waals surface area (Å²) in [4.78, 5) is 12.8. The van der Waals surface area contributed by atoms with Gasteiger partial charge in [0.1, 0.15) is 23.4 Å². The second kappa shape index (κ2) is 9.36. The standard InChI is InChI=1S/C21H20F4N4O3S/c22-15-8-6-14(7-9-15)18(21(23,24)25)27-17(19(30)28-20(13-26)10-11-20)12-33(31,32)29-16-4-2-1-3-5-16/h1-9,17-18,27,29H,10-12H2,(H,28,30)/t17-,18-/m0/s1. The summed E-state index contributed by atoms with van der Waals surface area (Å²) >= 11 is 0. The van der Waals surface area contributed by atoms with Crippen LogP contribution in [0.25, 0.3) is 0 Å². The third-order valence-corrected chi connectivity index (χ3v) is 6.29. The molecule has 2 atom stereocenters. The molecule has 1 amide bonds. The third kappa shape index (κ3) is 6.66. The molecule has 1 fully saturated rings. The number of sulfonamides is 1. The second-order valence-corrected chi connectivity index (χ2v) is 9.45. The van der Waals surface area contributed by atoms with E-state index in [0.29, 0.717) is 12.8 Å². The summed E-state index contributed by atoms with van der Waals surface area (Å²) < 4.78 is 82.2. The fraction of sp³-hybridized carbons (Fsp3) is 0.333. The molecule has 0 unspecified atom stereocenters. The summed E-state index contributed by atoms with van der Waals surface area (Å²) in [5, 5.41) is 13.6. The minimum atomic E-state index is -4.93. The molecule has 0 spiro atoms. The number of rotatable bonds is 9. The summed E-state index contributed by atoms with van der Waals surface area (Å²) in [5.74, 6) is -2.86. The highest BCUT2D eigenvalue weighted by atomic mass is 32.2. The topological polar surface area (TPSA) is 111 Å². The van der Waals surface area contributed by atoms with E-state index in [1.807, 2.05) is 6.07 Å². The number of hydrogen-bond acceptors (Lipinski definition) is 5. The van der Waals surface area contributed by atoms with Crippen molar-refractivity contribution in [1.29, 1.82) is 5.26 Å². The molecule has 3 rings (SSSR count). The van der Waals surface area contributed by atoms with Gasteiger partial charge in [0.2, 0.25) is 15.9 Å². The van der Waals surface area contributed by atoms with E-state index in [0.717, 1.165) is 24.3 Å². The number of nitrogens with zero attached hydrogens (tertiary/aromatic N) is 1. The van der Waals surface area contributed by atoms with Crippen molar-refractivity contribution in [2.75, 3.05) is 10.5 Å². The number of amides is 1. The molecular formula is C21H20F4N4O3S. The number of nitriles is 1. The molecular weight excluding hydrogens is 464 g/mol. The first-order valence-electron chi connectivity index (χ1n) is 9.80. The van der Waals surface area contributed by atoms with Crippen LogP contribution < -0.4 is 15.4 Å². The van der Waals surface area contributed by atoms with E-state index < -0.39 is 56.9 Å². The van der Waals surface area contributed by atoms with Crippen LogP contribution in [0.1, 0.15) is 24.4 Å². The van der Waals surface area contributed by atoms with E-state index in [4.69, 9.17) is 0 Å². The van der Waals surface area contributed by atoms with Crippen LogP contribution in [0.2, 0.25) is 0 Å². The van der Waals surface area contributed by atoms with Gasteiger partial charge in [-0.05, 0) is 42.7 Å². The molecule has 0 saturated heterocycles. The summed E-state index contributed by atoms with van der Waals surface area (Å²) in [6.07, 6.45) is -4.32. The first kappa shape index (κ1) is 24.5. The average molecular weight is 484 g/mol. The molecule has 7 nitrogen and oxygen atoms in total. The zero-order valence-corrected chi connectivity index (χ0v) is 17.9. The minimum Gasteiger partial charge on any atom is -0.336 e. The molecule has 0 aliphatic heterocycles. The van der Waals surface area contributed by atoms with Crippen molar-refractivity contribution in [1.82, 2.24) is 10.6 Å².